The lowest BCUT2D eigenvalue weighted by atomic mass is 9.48. The third kappa shape index (κ3) is 2.00. The van der Waals surface area contributed by atoms with Gasteiger partial charge in [0.15, 0.2) is 0 Å². The summed E-state index contributed by atoms with van der Waals surface area (Å²) in [6.45, 7) is 0. The van der Waals surface area contributed by atoms with Crippen molar-refractivity contribution < 1.29 is 31.1 Å². The van der Waals surface area contributed by atoms with E-state index in [9.17, 15) is 22.4 Å². The number of benzene rings is 1. The number of nitrogens with zero attached hydrogens (tertiary/aromatic N) is 1. The molecule has 0 aliphatic heterocycles. The maximum Gasteiger partial charge on any atom is 0.350 e. The molecule has 0 unspecified atom stereocenters. The van der Waals surface area contributed by atoms with Crippen LogP contribution in [0.25, 0.3) is 0 Å². The molecule has 1 aromatic carbocycles. The lowest BCUT2D eigenvalue weighted by Gasteiger charge is -2.63. The molecule has 0 radical (unpaired) electrons. The van der Waals surface area contributed by atoms with E-state index in [1.54, 1.807) is 12.1 Å². The Balaban J connectivity index is 1.20. The van der Waals surface area contributed by atoms with Crippen LogP contribution < -0.4 is 5.43 Å². The van der Waals surface area contributed by atoms with E-state index < -0.39 is 52.8 Å². The molecule has 5 aliphatic carbocycles. The van der Waals surface area contributed by atoms with Crippen molar-refractivity contribution in [3.8, 4) is 0 Å². The monoisotopic (exact) mass is 476 g/mol. The van der Waals surface area contributed by atoms with Crippen molar-refractivity contribution >= 4 is 23.7 Å². The van der Waals surface area contributed by atoms with Crippen LogP contribution in [0.3, 0.4) is 0 Å². The Morgan fingerprint density at radius 3 is 2.16 bits per heavy atom. The molecule has 0 spiro atoms. The number of alkyl halides is 6. The average Bonchev–Trinajstić information content (AvgIpc) is 3.47. The highest BCUT2D eigenvalue weighted by Crippen LogP contribution is 2.85. The predicted molar refractivity (Wildman–Crippen MR) is 103 cm³/mol. The molecule has 1 aromatic rings. The van der Waals surface area contributed by atoms with Gasteiger partial charge in [0.05, 0.1) is 0 Å². The highest BCUT2D eigenvalue weighted by Gasteiger charge is 3.05. The fraction of sp³-hybridized carbons (Fsp3) is 0.636. The van der Waals surface area contributed by atoms with Crippen molar-refractivity contribution in [1.29, 1.82) is 0 Å². The first-order valence-electron chi connectivity index (χ1n) is 10.7. The summed E-state index contributed by atoms with van der Waals surface area (Å²) in [5.74, 6) is -14.9. The van der Waals surface area contributed by atoms with Crippen LogP contribution in [0.4, 0.5) is 26.3 Å². The number of halogens is 7. The first-order chi connectivity index (χ1) is 15.0. The van der Waals surface area contributed by atoms with Gasteiger partial charge in [-0.15, -0.1) is 0 Å². The number of rotatable bonds is 3. The van der Waals surface area contributed by atoms with E-state index in [4.69, 9.17) is 11.6 Å². The number of nitrogens with one attached hydrogen (secondary N) is 1. The number of hydrogen-bond acceptors (Lipinski definition) is 2. The number of hydrazone groups is 1. The lowest BCUT2D eigenvalue weighted by molar-refractivity contribution is -0.456. The fourth-order valence-corrected chi connectivity index (χ4v) is 8.12. The summed E-state index contributed by atoms with van der Waals surface area (Å²) in [6.07, 6.45) is 2.33. The van der Waals surface area contributed by atoms with Gasteiger partial charge < -0.3 is 0 Å². The van der Waals surface area contributed by atoms with Crippen LogP contribution in [-0.4, -0.2) is 35.3 Å². The second kappa shape index (κ2) is 6.02. The average molecular weight is 477 g/mol. The molecule has 9 atom stereocenters. The number of fused-ring (bicyclic) bond motifs is 12. The summed E-state index contributed by atoms with van der Waals surface area (Å²) >= 11 is 5.79. The molecular weight excluding hydrogens is 458 g/mol. The molecule has 10 heteroatoms. The van der Waals surface area contributed by atoms with Crippen LogP contribution in [0.5, 0.6) is 0 Å². The largest absolute Gasteiger partial charge is 0.350 e. The van der Waals surface area contributed by atoms with E-state index in [-0.39, 0.29) is 24.2 Å². The molecule has 4 bridgehead atoms. The maximum absolute atomic E-state index is 15.4. The van der Waals surface area contributed by atoms with Gasteiger partial charge in [-0.05, 0) is 73.1 Å². The standard InChI is InChI=1S/C22H19ClF6N2O/c23-12-3-1-9(2-4-12)18(32)31-30-8-11-5-10-6-13(11)17-15-7-14(16(10)17)19(24)20(15,25)22(28,29)21(19,26)27/h1-4,8,10-11,13-17H,5-7H2,(H,31,32)/b30-8-/t10-,11+,13+,14+,15+,16+,17+,19+,20+/m1/s1. The minimum atomic E-state index is -5.00. The van der Waals surface area contributed by atoms with Crippen molar-refractivity contribution in [1.82, 2.24) is 5.43 Å². The van der Waals surface area contributed by atoms with E-state index in [0.29, 0.717) is 23.4 Å². The van der Waals surface area contributed by atoms with Gasteiger partial charge in [0.1, 0.15) is 0 Å². The van der Waals surface area contributed by atoms with Gasteiger partial charge in [-0.3, -0.25) is 4.79 Å². The molecule has 0 saturated heterocycles. The molecular formula is C22H19ClF6N2O. The lowest BCUT2D eigenvalue weighted by Crippen LogP contribution is -2.89. The van der Waals surface area contributed by atoms with Crippen molar-refractivity contribution in [2.24, 2.45) is 46.5 Å². The molecule has 5 saturated carbocycles. The zero-order chi connectivity index (χ0) is 22.8. The Hall–Kier alpha value is -1.77. The molecule has 5 aliphatic rings. The van der Waals surface area contributed by atoms with E-state index in [1.165, 1.54) is 18.3 Å². The minimum Gasteiger partial charge on any atom is -0.267 e. The van der Waals surface area contributed by atoms with E-state index in [1.807, 2.05) is 0 Å². The third-order valence-corrected chi connectivity index (χ3v) is 9.27. The molecule has 1 amide bonds. The number of carbonyl (C=O) groups is 1. The fourth-order valence-electron chi connectivity index (χ4n) is 7.99. The third-order valence-electron chi connectivity index (χ3n) is 9.02. The van der Waals surface area contributed by atoms with Crippen molar-refractivity contribution in [2.45, 2.75) is 42.4 Å². The normalized spacial score (nSPS) is 48.5. The second-order valence-electron chi connectivity index (χ2n) is 9.96. The molecule has 3 nitrogen and oxygen atoms in total. The molecule has 32 heavy (non-hydrogen) atoms. The smallest absolute Gasteiger partial charge is 0.267 e. The molecule has 0 heterocycles. The van der Waals surface area contributed by atoms with Crippen LogP contribution in [0, 0.1) is 41.4 Å². The Kier molecular flexibility index (Phi) is 3.91. The van der Waals surface area contributed by atoms with Crippen molar-refractivity contribution in [3.63, 3.8) is 0 Å². The number of amides is 1. The predicted octanol–water partition coefficient (Wildman–Crippen LogP) is 5.29. The molecule has 6 rings (SSSR count). The van der Waals surface area contributed by atoms with E-state index in [0.717, 1.165) is 0 Å². The molecule has 1 N–H and O–H groups in total. The number of hydrogen-bond donors (Lipinski definition) is 1. The van der Waals surface area contributed by atoms with Gasteiger partial charge in [-0.25, -0.2) is 14.2 Å². The summed E-state index contributed by atoms with van der Waals surface area (Å²) in [7, 11) is 0. The summed E-state index contributed by atoms with van der Waals surface area (Å²) in [5.41, 5.74) is -4.85. The Labute approximate surface area is 184 Å². The van der Waals surface area contributed by atoms with Crippen LogP contribution in [0.15, 0.2) is 29.4 Å². The van der Waals surface area contributed by atoms with E-state index >= 15 is 8.78 Å². The van der Waals surface area contributed by atoms with Gasteiger partial charge in [-0.2, -0.15) is 22.7 Å². The van der Waals surface area contributed by atoms with Crippen molar-refractivity contribution in [2.75, 3.05) is 0 Å². The van der Waals surface area contributed by atoms with Crippen molar-refractivity contribution in [3.05, 3.63) is 34.9 Å². The second-order valence-corrected chi connectivity index (χ2v) is 10.4. The molecule has 172 valence electrons. The highest BCUT2D eigenvalue weighted by atomic mass is 35.5. The van der Waals surface area contributed by atoms with E-state index in [2.05, 4.69) is 10.5 Å². The number of carbonyl (C=O) groups excluding carboxylic acids is 1. The summed E-state index contributed by atoms with van der Waals surface area (Å²) in [4.78, 5) is 12.2. The topological polar surface area (TPSA) is 41.5 Å². The van der Waals surface area contributed by atoms with Crippen LogP contribution >= 0.6 is 11.6 Å². The first-order valence-corrected chi connectivity index (χ1v) is 11.1. The van der Waals surface area contributed by atoms with Gasteiger partial charge in [0.25, 0.3) is 5.91 Å². The van der Waals surface area contributed by atoms with Crippen LogP contribution in [0.1, 0.15) is 29.6 Å². The Bertz CT molecular complexity index is 1030. The summed E-state index contributed by atoms with van der Waals surface area (Å²) in [6, 6.07) is 6.18. The maximum atomic E-state index is 15.4. The summed E-state index contributed by atoms with van der Waals surface area (Å²) < 4.78 is 87.3. The quantitative estimate of drug-likeness (QED) is 0.274. The molecule has 0 aromatic heterocycles. The SMILES string of the molecule is O=C(N/N=C\[C@@H]1C[C@@H]2C[C@@H]1[C@@H]1[C@@H]2[C@@H]2C[C@@H]1[C@@]1(F)C(F)(F)C(F)(F)[C@]21F)c1ccc(Cl)cc1. The van der Waals surface area contributed by atoms with Gasteiger partial charge in [-0.1, -0.05) is 11.6 Å². The van der Waals surface area contributed by atoms with Crippen LogP contribution in [0.2, 0.25) is 5.02 Å². The Morgan fingerprint density at radius 1 is 0.938 bits per heavy atom. The minimum absolute atomic E-state index is 0.134. The van der Waals surface area contributed by atoms with Crippen LogP contribution in [-0.2, 0) is 0 Å². The molecule has 5 fully saturated rings. The highest BCUT2D eigenvalue weighted by molar-refractivity contribution is 6.30. The summed E-state index contributed by atoms with van der Waals surface area (Å²) in [5, 5.41) is 4.46. The Morgan fingerprint density at radius 2 is 1.53 bits per heavy atom. The van der Waals surface area contributed by atoms with Gasteiger partial charge in [0, 0.05) is 28.6 Å². The zero-order valence-electron chi connectivity index (χ0n) is 16.6. The first kappa shape index (κ1) is 20.8. The van der Waals surface area contributed by atoms with Gasteiger partial charge >= 0.3 is 11.8 Å². The van der Waals surface area contributed by atoms with Gasteiger partial charge in [0.2, 0.25) is 11.3 Å². The zero-order valence-corrected chi connectivity index (χ0v) is 17.3.